The number of hydrogen-bond acceptors (Lipinski definition) is 4. The van der Waals surface area contributed by atoms with E-state index in [4.69, 9.17) is 27.9 Å². The van der Waals surface area contributed by atoms with Crippen molar-refractivity contribution in [3.05, 3.63) is 74.9 Å². The van der Waals surface area contributed by atoms with Gasteiger partial charge >= 0.3 is 12.0 Å². The Kier molecular flexibility index (Phi) is 8.00. The highest BCUT2D eigenvalue weighted by molar-refractivity contribution is 6.35. The largest absolute Gasteiger partial charge is 0.466 e. The molecule has 0 bridgehead atoms. The molecule has 33 heavy (non-hydrogen) atoms. The second kappa shape index (κ2) is 10.7. The van der Waals surface area contributed by atoms with Gasteiger partial charge in [0.2, 0.25) is 0 Å². The summed E-state index contributed by atoms with van der Waals surface area (Å²) >= 11 is 12.0. The predicted molar refractivity (Wildman–Crippen MR) is 128 cm³/mol. The highest BCUT2D eigenvalue weighted by atomic mass is 35.5. The lowest BCUT2D eigenvalue weighted by atomic mass is 9.94. The van der Waals surface area contributed by atoms with E-state index < -0.39 is 17.9 Å². The first-order chi connectivity index (χ1) is 15.7. The molecular weight excluding hydrogens is 465 g/mol. The highest BCUT2D eigenvalue weighted by Gasteiger charge is 2.36. The number of nitrogens with one attached hydrogen (secondary N) is 2. The van der Waals surface area contributed by atoms with Crippen molar-refractivity contribution in [2.24, 2.45) is 0 Å². The maximum absolute atomic E-state index is 12.8. The Morgan fingerprint density at radius 3 is 2.48 bits per heavy atom. The van der Waals surface area contributed by atoms with E-state index in [0.29, 0.717) is 44.7 Å². The molecule has 0 saturated carbocycles. The summed E-state index contributed by atoms with van der Waals surface area (Å²) in [5.41, 5.74) is 2.31. The molecule has 1 heterocycles. The molecule has 1 aliphatic rings. The number of carbonyl (C=O) groups excluding carboxylic acids is 3. The minimum atomic E-state index is -0.722. The topological polar surface area (TPSA) is 87.7 Å². The summed E-state index contributed by atoms with van der Waals surface area (Å²) in [6.07, 6.45) is 1.71. The minimum Gasteiger partial charge on any atom is -0.466 e. The van der Waals surface area contributed by atoms with Crippen molar-refractivity contribution in [3.8, 4) is 0 Å². The van der Waals surface area contributed by atoms with E-state index in [-0.39, 0.29) is 6.03 Å². The Hall–Kier alpha value is -3.03. The molecule has 0 saturated heterocycles. The molecule has 1 atom stereocenters. The zero-order chi connectivity index (χ0) is 24.1. The molecule has 3 amide bonds. The number of nitrogens with zero attached hydrogens (tertiary/aromatic N) is 1. The third kappa shape index (κ3) is 5.67. The third-order valence-electron chi connectivity index (χ3n) is 5.34. The fourth-order valence-electron chi connectivity index (χ4n) is 3.68. The van der Waals surface area contributed by atoms with Crippen LogP contribution in [-0.2, 0) is 9.53 Å². The Morgan fingerprint density at radius 2 is 1.85 bits per heavy atom. The van der Waals surface area contributed by atoms with Crippen molar-refractivity contribution in [2.75, 3.05) is 19.0 Å². The van der Waals surface area contributed by atoms with Crippen LogP contribution in [-0.4, -0.2) is 36.5 Å². The summed E-state index contributed by atoms with van der Waals surface area (Å²) in [5, 5.41) is 6.39. The van der Waals surface area contributed by atoms with Crippen LogP contribution in [0.5, 0.6) is 0 Å². The monoisotopic (exact) mass is 489 g/mol. The van der Waals surface area contributed by atoms with E-state index in [1.165, 1.54) is 19.2 Å². The van der Waals surface area contributed by atoms with Gasteiger partial charge in [0.25, 0.3) is 5.91 Å². The van der Waals surface area contributed by atoms with Crippen molar-refractivity contribution in [1.82, 2.24) is 10.2 Å². The molecule has 2 N–H and O–H groups in total. The van der Waals surface area contributed by atoms with Crippen LogP contribution < -0.4 is 10.6 Å². The zero-order valence-electron chi connectivity index (χ0n) is 18.6. The lowest BCUT2D eigenvalue weighted by Gasteiger charge is -2.35. The van der Waals surface area contributed by atoms with Crippen molar-refractivity contribution < 1.29 is 19.1 Å². The minimum absolute atomic E-state index is 0.290. The van der Waals surface area contributed by atoms with Gasteiger partial charge in [-0.25, -0.2) is 9.59 Å². The molecule has 9 heteroatoms. The van der Waals surface area contributed by atoms with Crippen LogP contribution >= 0.6 is 23.2 Å². The molecule has 2 aromatic carbocycles. The number of rotatable bonds is 7. The van der Waals surface area contributed by atoms with Gasteiger partial charge in [0.15, 0.2) is 0 Å². The van der Waals surface area contributed by atoms with E-state index in [0.717, 1.165) is 12.8 Å². The Bertz CT molecular complexity index is 1100. The molecule has 7 nitrogen and oxygen atoms in total. The quantitative estimate of drug-likeness (QED) is 0.498. The van der Waals surface area contributed by atoms with E-state index in [1.54, 1.807) is 42.2 Å². The fraction of sp³-hybridized carbons (Fsp3) is 0.292. The first-order valence-corrected chi connectivity index (χ1v) is 11.2. The molecule has 1 aliphatic heterocycles. The van der Waals surface area contributed by atoms with Gasteiger partial charge in [-0.1, -0.05) is 48.7 Å². The first kappa shape index (κ1) is 24.6. The van der Waals surface area contributed by atoms with Crippen molar-refractivity contribution >= 4 is 46.8 Å². The molecular formula is C24H25Cl2N3O4. The Morgan fingerprint density at radius 1 is 1.15 bits per heavy atom. The van der Waals surface area contributed by atoms with Crippen LogP contribution in [0.1, 0.15) is 48.7 Å². The molecule has 0 spiro atoms. The molecule has 2 aromatic rings. The van der Waals surface area contributed by atoms with Crippen LogP contribution in [0, 0.1) is 0 Å². The van der Waals surface area contributed by atoms with E-state index >= 15 is 0 Å². The van der Waals surface area contributed by atoms with Crippen LogP contribution in [0.2, 0.25) is 10.0 Å². The maximum Gasteiger partial charge on any atom is 0.337 e. The van der Waals surface area contributed by atoms with E-state index in [1.807, 2.05) is 6.92 Å². The predicted octanol–water partition coefficient (Wildman–Crippen LogP) is 5.56. The van der Waals surface area contributed by atoms with Gasteiger partial charge in [-0.05, 0) is 49.2 Å². The highest BCUT2D eigenvalue weighted by Crippen LogP contribution is 2.32. The molecule has 0 aliphatic carbocycles. The number of amides is 3. The zero-order valence-corrected chi connectivity index (χ0v) is 20.1. The number of unbranched alkanes of at least 4 members (excludes halogenated alkanes) is 1. The molecule has 1 unspecified atom stereocenters. The summed E-state index contributed by atoms with van der Waals surface area (Å²) in [6, 6.07) is 10.5. The van der Waals surface area contributed by atoms with Gasteiger partial charge in [0.05, 0.1) is 18.7 Å². The van der Waals surface area contributed by atoms with E-state index in [9.17, 15) is 14.4 Å². The first-order valence-electron chi connectivity index (χ1n) is 10.5. The number of hydrogen-bond donors (Lipinski definition) is 2. The van der Waals surface area contributed by atoms with Gasteiger partial charge in [-0.2, -0.15) is 0 Å². The summed E-state index contributed by atoms with van der Waals surface area (Å²) in [6.45, 7) is 4.27. The van der Waals surface area contributed by atoms with E-state index in [2.05, 4.69) is 10.6 Å². The normalized spacial score (nSPS) is 15.8. The number of urea groups is 1. The Balaban J connectivity index is 1.93. The van der Waals surface area contributed by atoms with Crippen LogP contribution in [0.25, 0.3) is 0 Å². The van der Waals surface area contributed by atoms with Gasteiger partial charge in [0, 0.05) is 33.5 Å². The molecule has 0 fully saturated rings. The molecule has 0 aromatic heterocycles. The second-order valence-electron chi connectivity index (χ2n) is 7.62. The number of halogens is 2. The van der Waals surface area contributed by atoms with Gasteiger partial charge in [-0.3, -0.25) is 9.69 Å². The number of esters is 1. The van der Waals surface area contributed by atoms with Gasteiger partial charge in [0.1, 0.15) is 0 Å². The maximum atomic E-state index is 12.8. The smallest absolute Gasteiger partial charge is 0.337 e. The average molecular weight is 490 g/mol. The second-order valence-corrected chi connectivity index (χ2v) is 8.49. The molecule has 3 rings (SSSR count). The number of anilines is 1. The van der Waals surface area contributed by atoms with Crippen LogP contribution in [0.3, 0.4) is 0 Å². The summed E-state index contributed by atoms with van der Waals surface area (Å²) in [5.74, 6) is -0.920. The standard InChI is InChI=1S/C24H25Cl2N3O4/c1-4-5-9-29-14(2)20(23(31)33-3)21(28-24(29)32)15-7-6-8-19(12-15)27-22(30)16-10-17(25)13-18(26)11-16/h6-8,10-13,21H,4-5,9H2,1-3H3,(H,27,30)(H,28,32). The van der Waals surface area contributed by atoms with Crippen LogP contribution in [0.4, 0.5) is 10.5 Å². The summed E-state index contributed by atoms with van der Waals surface area (Å²) < 4.78 is 5.01. The number of allylic oxidation sites excluding steroid dienone is 1. The van der Waals surface area contributed by atoms with Crippen molar-refractivity contribution in [1.29, 1.82) is 0 Å². The van der Waals surface area contributed by atoms with Crippen molar-refractivity contribution in [3.63, 3.8) is 0 Å². The van der Waals surface area contributed by atoms with Gasteiger partial charge in [-0.15, -0.1) is 0 Å². The number of carbonyl (C=O) groups is 3. The van der Waals surface area contributed by atoms with Crippen molar-refractivity contribution in [2.45, 2.75) is 32.7 Å². The Labute approximate surface area is 202 Å². The van der Waals surface area contributed by atoms with Gasteiger partial charge < -0.3 is 15.4 Å². The molecule has 0 radical (unpaired) electrons. The lowest BCUT2D eigenvalue weighted by Crippen LogP contribution is -2.48. The average Bonchev–Trinajstić information content (AvgIpc) is 2.77. The third-order valence-corrected chi connectivity index (χ3v) is 5.78. The fourth-order valence-corrected chi connectivity index (χ4v) is 4.20. The number of benzene rings is 2. The lowest BCUT2D eigenvalue weighted by molar-refractivity contribution is -0.136. The summed E-state index contributed by atoms with van der Waals surface area (Å²) in [7, 11) is 1.30. The number of ether oxygens (including phenoxy) is 1. The summed E-state index contributed by atoms with van der Waals surface area (Å²) in [4.78, 5) is 39.7. The number of methoxy groups -OCH3 is 1. The molecule has 174 valence electrons. The van der Waals surface area contributed by atoms with Crippen LogP contribution in [0.15, 0.2) is 53.7 Å². The SMILES string of the molecule is CCCCN1C(=O)NC(c2cccc(NC(=O)c3cc(Cl)cc(Cl)c3)c2)C(C(=O)OC)=C1C.